The van der Waals surface area contributed by atoms with E-state index in [0.717, 1.165) is 78.1 Å². The van der Waals surface area contributed by atoms with Crippen LogP contribution in [-0.4, -0.2) is 19.6 Å². The van der Waals surface area contributed by atoms with Crippen molar-refractivity contribution in [3.05, 3.63) is 192 Å². The number of imidazole rings is 1. The Hall–Kier alpha value is -7.04. The van der Waals surface area contributed by atoms with Crippen LogP contribution in [0.25, 0.3) is 83.9 Å². The van der Waals surface area contributed by atoms with Crippen molar-refractivity contribution in [2.75, 3.05) is 0 Å². The van der Waals surface area contributed by atoms with Gasteiger partial charge in [0.05, 0.1) is 28.0 Å². The average molecular weight is 885 g/mol. The Morgan fingerprint density at radius 1 is 0.522 bits per heavy atom. The molecule has 0 radical (unpaired) electrons. The monoisotopic (exact) mass is 885 g/mol. The molecule has 0 aliphatic heterocycles. The van der Waals surface area contributed by atoms with E-state index in [0.29, 0.717) is 16.9 Å². The van der Waals surface area contributed by atoms with Crippen molar-refractivity contribution in [2.45, 2.75) is 98.2 Å². The molecular weight excluding hydrogens is 815 g/mol. The zero-order valence-electron chi connectivity index (χ0n) is 47.0. The molecule has 0 aliphatic carbocycles. The van der Waals surface area contributed by atoms with Gasteiger partial charge in [-0.15, -0.1) is 0 Å². The molecule has 0 saturated carbocycles. The highest BCUT2D eigenvalue weighted by molar-refractivity contribution is 5.98. The van der Waals surface area contributed by atoms with E-state index < -0.39 is 41.6 Å². The third kappa shape index (κ3) is 8.98. The highest BCUT2D eigenvalue weighted by Gasteiger charge is 2.30. The summed E-state index contributed by atoms with van der Waals surface area (Å²) in [6, 6.07) is 54.8. The van der Waals surface area contributed by atoms with Crippen LogP contribution >= 0.6 is 0 Å². The number of fused-ring (bicyclic) bond motifs is 1. The Bertz CT molecular complexity index is 3520. The fourth-order valence-corrected chi connectivity index (χ4v) is 9.01. The standard InChI is InChI=1S/C63H63N3O/c1-40(2)41-25-27-44(28-26-41)46-31-32-64-55(37-46)49-34-47(43-21-16-13-17-22-43)33-48(35-49)51-23-18-24-57-58(51)65-60(52-38-50(61(3,4)5)39-54(59(52)67)63(9,10)11)66(57)56-30-29-45(36-53(56)62(6,7)8)42-19-14-12-15-20-42/h12-40,67H,1-11H3/i9D3,10D3,40D. The topological polar surface area (TPSA) is 50.9 Å². The number of hydrogen-bond acceptors (Lipinski definition) is 3. The molecule has 0 amide bonds. The van der Waals surface area contributed by atoms with Crippen LogP contribution in [0.15, 0.2) is 170 Å². The van der Waals surface area contributed by atoms with Crippen molar-refractivity contribution in [3.8, 4) is 78.6 Å². The number of aromatic nitrogens is 3. The van der Waals surface area contributed by atoms with Crippen LogP contribution in [0.4, 0.5) is 0 Å². The van der Waals surface area contributed by atoms with Crippen LogP contribution in [-0.2, 0) is 16.2 Å². The maximum atomic E-state index is 12.8. The summed E-state index contributed by atoms with van der Waals surface area (Å²) in [4.78, 5) is 10.5. The molecule has 336 valence electrons. The van der Waals surface area contributed by atoms with E-state index in [1.165, 1.54) is 6.92 Å². The fraction of sp³-hybridized carbons (Fsp3) is 0.238. The first kappa shape index (κ1) is 37.1. The lowest BCUT2D eigenvalue weighted by Gasteiger charge is -2.28. The second-order valence-electron chi connectivity index (χ2n) is 20.3. The van der Waals surface area contributed by atoms with Gasteiger partial charge in [0.25, 0.3) is 0 Å². The van der Waals surface area contributed by atoms with Crippen molar-refractivity contribution >= 4 is 11.0 Å². The van der Waals surface area contributed by atoms with Gasteiger partial charge in [-0.3, -0.25) is 9.55 Å². The Kier molecular flexibility index (Phi) is 9.59. The van der Waals surface area contributed by atoms with Gasteiger partial charge in [0.15, 0.2) is 0 Å². The molecule has 0 spiro atoms. The van der Waals surface area contributed by atoms with Gasteiger partial charge in [-0.25, -0.2) is 4.98 Å². The number of pyridine rings is 1. The molecule has 1 N–H and O–H groups in total. The lowest BCUT2D eigenvalue weighted by atomic mass is 9.78. The van der Waals surface area contributed by atoms with Gasteiger partial charge in [0.1, 0.15) is 11.6 Å². The Morgan fingerprint density at radius 3 is 1.78 bits per heavy atom. The lowest BCUT2D eigenvalue weighted by Crippen LogP contribution is -2.18. The molecule has 2 aromatic heterocycles. The first-order valence-corrected chi connectivity index (χ1v) is 23.0. The van der Waals surface area contributed by atoms with Crippen molar-refractivity contribution < 1.29 is 14.7 Å². The molecule has 7 aromatic carbocycles. The quantitative estimate of drug-likeness (QED) is 0.165. The van der Waals surface area contributed by atoms with E-state index in [1.54, 1.807) is 6.07 Å². The Balaban J connectivity index is 1.36. The molecule has 0 atom stereocenters. The molecule has 67 heavy (non-hydrogen) atoms. The first-order chi connectivity index (χ1) is 34.6. The number of phenolic OH excluding ortho intramolecular Hbond substituents is 1. The van der Waals surface area contributed by atoms with Crippen LogP contribution in [0.3, 0.4) is 0 Å². The molecule has 2 heterocycles. The van der Waals surface area contributed by atoms with Crippen LogP contribution in [0.5, 0.6) is 5.75 Å². The van der Waals surface area contributed by atoms with Crippen molar-refractivity contribution in [1.82, 2.24) is 14.5 Å². The van der Waals surface area contributed by atoms with Gasteiger partial charge in [0.2, 0.25) is 0 Å². The van der Waals surface area contributed by atoms with Gasteiger partial charge in [-0.05, 0) is 132 Å². The first-order valence-electron chi connectivity index (χ1n) is 26.5. The lowest BCUT2D eigenvalue weighted by molar-refractivity contribution is 0.446. The fourth-order valence-electron chi connectivity index (χ4n) is 9.01. The van der Waals surface area contributed by atoms with Crippen LogP contribution in [0.1, 0.15) is 114 Å². The number of benzene rings is 7. The summed E-state index contributed by atoms with van der Waals surface area (Å²) < 4.78 is 62.9. The molecule has 9 aromatic rings. The summed E-state index contributed by atoms with van der Waals surface area (Å²) in [5, 5.41) is 12.8. The molecule has 0 fully saturated rings. The minimum Gasteiger partial charge on any atom is -0.507 e. The summed E-state index contributed by atoms with van der Waals surface area (Å²) >= 11 is 0. The predicted octanol–water partition coefficient (Wildman–Crippen LogP) is 17.1. The third-order valence-corrected chi connectivity index (χ3v) is 12.8. The van der Waals surface area contributed by atoms with E-state index in [2.05, 4.69) is 99.6 Å². The highest BCUT2D eigenvalue weighted by atomic mass is 16.3. The number of para-hydroxylation sites is 1. The van der Waals surface area contributed by atoms with Crippen molar-refractivity contribution in [2.24, 2.45) is 0 Å². The normalized spacial score (nSPS) is 14.4. The number of phenols is 1. The molecule has 4 nitrogen and oxygen atoms in total. The molecule has 0 bridgehead atoms. The maximum Gasteiger partial charge on any atom is 0.149 e. The Morgan fingerprint density at radius 2 is 1.13 bits per heavy atom. The summed E-state index contributed by atoms with van der Waals surface area (Å²) in [6.07, 6.45) is 1.82. The van der Waals surface area contributed by atoms with Gasteiger partial charge in [-0.1, -0.05) is 185 Å². The highest BCUT2D eigenvalue weighted by Crippen LogP contribution is 2.46. The predicted molar refractivity (Wildman–Crippen MR) is 283 cm³/mol. The summed E-state index contributed by atoms with van der Waals surface area (Å²) in [6.45, 7) is 11.3. The minimum absolute atomic E-state index is 0.194. The van der Waals surface area contributed by atoms with Crippen LogP contribution in [0.2, 0.25) is 0 Å². The Labute approximate surface area is 407 Å². The smallest absolute Gasteiger partial charge is 0.149 e. The summed E-state index contributed by atoms with van der Waals surface area (Å²) in [7, 11) is 0. The van der Waals surface area contributed by atoms with Crippen molar-refractivity contribution in [3.63, 3.8) is 0 Å². The second-order valence-corrected chi connectivity index (χ2v) is 20.3. The number of aromatic hydroxyl groups is 1. The average Bonchev–Trinajstić information content (AvgIpc) is 3.74. The van der Waals surface area contributed by atoms with Crippen LogP contribution < -0.4 is 0 Å². The summed E-state index contributed by atoms with van der Waals surface area (Å²) in [5.74, 6) is -0.860. The van der Waals surface area contributed by atoms with Gasteiger partial charge in [-0.2, -0.15) is 0 Å². The number of hydrogen-bond donors (Lipinski definition) is 1. The molecular formula is C63H63N3O. The van der Waals surface area contributed by atoms with Gasteiger partial charge >= 0.3 is 0 Å². The van der Waals surface area contributed by atoms with E-state index in [1.807, 2.05) is 124 Å². The SMILES string of the molecule is [2H]C(C)(C)c1ccc(-c2ccnc(-c3cc(-c4ccccc4)cc(-c4cccc5c4nc(-c4cc(C(C)(C)C)cc(C(C)(C([2H])([2H])[2H])C([2H])([2H])[2H])c4O)n5-c4ccc(-c5ccccc5)cc4C(C)(C)C)c3)c2)cc1. The summed E-state index contributed by atoms with van der Waals surface area (Å²) in [5.41, 5.74) is 10.5. The molecule has 0 unspecified atom stereocenters. The number of rotatable bonds is 8. The third-order valence-electron chi connectivity index (χ3n) is 12.8. The number of nitrogens with zero attached hydrogens (tertiary/aromatic N) is 3. The van der Waals surface area contributed by atoms with E-state index in [-0.39, 0.29) is 11.1 Å². The van der Waals surface area contributed by atoms with Gasteiger partial charge in [0, 0.05) is 32.5 Å². The van der Waals surface area contributed by atoms with E-state index >= 15 is 0 Å². The molecule has 9 rings (SSSR count). The zero-order valence-corrected chi connectivity index (χ0v) is 40.0. The minimum atomic E-state index is -3.04. The van der Waals surface area contributed by atoms with E-state index in [9.17, 15) is 5.11 Å². The van der Waals surface area contributed by atoms with Gasteiger partial charge < -0.3 is 5.11 Å². The maximum absolute atomic E-state index is 12.8. The second kappa shape index (κ2) is 17.3. The van der Waals surface area contributed by atoms with Crippen molar-refractivity contribution in [1.29, 1.82) is 0 Å². The largest absolute Gasteiger partial charge is 0.507 e. The molecule has 4 heteroatoms. The van der Waals surface area contributed by atoms with Crippen LogP contribution in [0, 0.1) is 0 Å². The zero-order chi connectivity index (χ0) is 53.3. The van der Waals surface area contributed by atoms with E-state index in [4.69, 9.17) is 19.6 Å². The molecule has 0 saturated heterocycles. The molecule has 0 aliphatic rings.